The van der Waals surface area contributed by atoms with Gasteiger partial charge in [0, 0.05) is 12.0 Å². The Morgan fingerprint density at radius 2 is 1.80 bits per heavy atom. The first kappa shape index (κ1) is 14.3. The molecule has 0 aliphatic heterocycles. The van der Waals surface area contributed by atoms with Gasteiger partial charge in [-0.15, -0.1) is 0 Å². The smallest absolute Gasteiger partial charge is 0.306 e. The van der Waals surface area contributed by atoms with Crippen LogP contribution in [0.1, 0.15) is 18.9 Å². The van der Waals surface area contributed by atoms with E-state index < -0.39 is 0 Å². The van der Waals surface area contributed by atoms with Gasteiger partial charge in [0.2, 0.25) is 0 Å². The molecule has 2 rings (SSSR count). The van der Waals surface area contributed by atoms with Crippen LogP contribution in [0.3, 0.4) is 0 Å². The lowest BCUT2D eigenvalue weighted by atomic mass is 10.0. The first-order valence-corrected chi connectivity index (χ1v) is 6.70. The van der Waals surface area contributed by atoms with Crippen LogP contribution < -0.4 is 0 Å². The molecule has 0 atom stereocenters. The van der Waals surface area contributed by atoms with Crippen LogP contribution in [-0.4, -0.2) is 12.6 Å². The van der Waals surface area contributed by atoms with Crippen LogP contribution in [0, 0.1) is 5.82 Å². The maximum absolute atomic E-state index is 13.7. The summed E-state index contributed by atoms with van der Waals surface area (Å²) in [6.07, 6.45) is 1.00. The van der Waals surface area contributed by atoms with Gasteiger partial charge in [0.15, 0.2) is 0 Å². The number of hydrogen-bond acceptors (Lipinski definition) is 2. The van der Waals surface area contributed by atoms with Gasteiger partial charge in [-0.25, -0.2) is 4.39 Å². The number of carbonyl (C=O) groups is 1. The zero-order valence-electron chi connectivity index (χ0n) is 11.4. The van der Waals surface area contributed by atoms with Crippen LogP contribution in [-0.2, 0) is 16.0 Å². The number of carbonyl (C=O) groups excluding carboxylic acids is 1. The molecule has 2 aromatic rings. The van der Waals surface area contributed by atoms with Gasteiger partial charge in [-0.05, 0) is 30.5 Å². The van der Waals surface area contributed by atoms with Gasteiger partial charge in [0.1, 0.15) is 5.82 Å². The van der Waals surface area contributed by atoms with Gasteiger partial charge in [-0.1, -0.05) is 42.5 Å². The monoisotopic (exact) mass is 272 g/mol. The van der Waals surface area contributed by atoms with Crippen molar-refractivity contribution in [1.29, 1.82) is 0 Å². The van der Waals surface area contributed by atoms with E-state index in [9.17, 15) is 9.18 Å². The number of esters is 1. The molecule has 0 aromatic heterocycles. The second-order valence-corrected chi connectivity index (χ2v) is 4.48. The summed E-state index contributed by atoms with van der Waals surface area (Å²) in [5.74, 6) is -0.419. The molecule has 2 nitrogen and oxygen atoms in total. The van der Waals surface area contributed by atoms with E-state index in [0.717, 1.165) is 11.1 Å². The van der Waals surface area contributed by atoms with Gasteiger partial charge >= 0.3 is 5.97 Å². The van der Waals surface area contributed by atoms with Crippen molar-refractivity contribution in [2.24, 2.45) is 0 Å². The minimum Gasteiger partial charge on any atom is -0.466 e. The summed E-state index contributed by atoms with van der Waals surface area (Å²) in [4.78, 5) is 11.3. The molecule has 0 spiro atoms. The van der Waals surface area contributed by atoms with Crippen LogP contribution in [0.15, 0.2) is 48.5 Å². The fraction of sp³-hybridized carbons (Fsp3) is 0.235. The third-order valence-corrected chi connectivity index (χ3v) is 3.06. The maximum Gasteiger partial charge on any atom is 0.306 e. The van der Waals surface area contributed by atoms with Gasteiger partial charge in [-0.3, -0.25) is 4.79 Å². The average Bonchev–Trinajstić information content (AvgIpc) is 2.47. The van der Waals surface area contributed by atoms with E-state index in [-0.39, 0.29) is 11.8 Å². The molecule has 0 radical (unpaired) electrons. The SMILES string of the molecule is CCOC(=O)CCc1ccc(-c2ccccc2F)cc1. The summed E-state index contributed by atoms with van der Waals surface area (Å²) >= 11 is 0. The first-order chi connectivity index (χ1) is 9.70. The zero-order valence-corrected chi connectivity index (χ0v) is 11.4. The summed E-state index contributed by atoms with van der Waals surface area (Å²) < 4.78 is 18.5. The fourth-order valence-corrected chi connectivity index (χ4v) is 2.03. The highest BCUT2D eigenvalue weighted by Gasteiger charge is 2.05. The molecule has 0 saturated carbocycles. The molecular weight excluding hydrogens is 255 g/mol. The van der Waals surface area contributed by atoms with Crippen molar-refractivity contribution in [2.45, 2.75) is 19.8 Å². The highest BCUT2D eigenvalue weighted by Crippen LogP contribution is 2.23. The molecule has 0 fully saturated rings. The molecule has 0 heterocycles. The predicted octanol–water partition coefficient (Wildman–Crippen LogP) is 3.99. The fourth-order valence-electron chi connectivity index (χ4n) is 2.03. The quantitative estimate of drug-likeness (QED) is 0.769. The molecule has 3 heteroatoms. The Morgan fingerprint density at radius 3 is 2.45 bits per heavy atom. The zero-order chi connectivity index (χ0) is 14.4. The van der Waals surface area contributed by atoms with Crippen molar-refractivity contribution in [3.63, 3.8) is 0 Å². The molecule has 0 aliphatic carbocycles. The Balaban J connectivity index is 2.03. The molecule has 104 valence electrons. The van der Waals surface area contributed by atoms with E-state index in [0.29, 0.717) is 25.0 Å². The van der Waals surface area contributed by atoms with Crippen molar-refractivity contribution in [2.75, 3.05) is 6.61 Å². The molecule has 0 amide bonds. The molecule has 0 N–H and O–H groups in total. The Kier molecular flexibility index (Phi) is 4.88. The molecule has 2 aromatic carbocycles. The Labute approximate surface area is 118 Å². The van der Waals surface area contributed by atoms with Crippen LogP contribution in [0.4, 0.5) is 4.39 Å². The summed E-state index contributed by atoms with van der Waals surface area (Å²) in [5.41, 5.74) is 2.46. The van der Waals surface area contributed by atoms with Crippen LogP contribution in [0.5, 0.6) is 0 Å². The minimum atomic E-state index is -0.230. The average molecular weight is 272 g/mol. The van der Waals surface area contributed by atoms with E-state index >= 15 is 0 Å². The second-order valence-electron chi connectivity index (χ2n) is 4.48. The number of aryl methyl sites for hydroxylation is 1. The summed E-state index contributed by atoms with van der Waals surface area (Å²) in [7, 11) is 0. The lowest BCUT2D eigenvalue weighted by Gasteiger charge is -2.05. The standard InChI is InChI=1S/C17H17FO2/c1-2-20-17(19)12-9-13-7-10-14(11-8-13)15-5-3-4-6-16(15)18/h3-8,10-11H,2,9,12H2,1H3. The highest BCUT2D eigenvalue weighted by atomic mass is 19.1. The topological polar surface area (TPSA) is 26.3 Å². The van der Waals surface area contributed by atoms with Crippen molar-refractivity contribution < 1.29 is 13.9 Å². The minimum absolute atomic E-state index is 0.189. The van der Waals surface area contributed by atoms with Crippen LogP contribution in [0.2, 0.25) is 0 Å². The first-order valence-electron chi connectivity index (χ1n) is 6.70. The van der Waals surface area contributed by atoms with E-state index in [2.05, 4.69) is 0 Å². The number of ether oxygens (including phenoxy) is 1. The lowest BCUT2D eigenvalue weighted by Crippen LogP contribution is -2.05. The van der Waals surface area contributed by atoms with Gasteiger partial charge in [0.25, 0.3) is 0 Å². The highest BCUT2D eigenvalue weighted by molar-refractivity contribution is 5.70. The van der Waals surface area contributed by atoms with E-state index in [1.165, 1.54) is 6.07 Å². The molecular formula is C17H17FO2. The summed E-state index contributed by atoms with van der Waals surface area (Å²) in [5, 5.41) is 0. The molecule has 20 heavy (non-hydrogen) atoms. The molecule has 0 saturated heterocycles. The predicted molar refractivity (Wildman–Crippen MR) is 76.8 cm³/mol. The number of halogens is 1. The van der Waals surface area contributed by atoms with Gasteiger partial charge in [0.05, 0.1) is 6.61 Å². The summed E-state index contributed by atoms with van der Waals surface area (Å²) in [6, 6.07) is 14.3. The van der Waals surface area contributed by atoms with E-state index in [1.54, 1.807) is 19.1 Å². The maximum atomic E-state index is 13.7. The van der Waals surface area contributed by atoms with Crippen molar-refractivity contribution >= 4 is 5.97 Å². The van der Waals surface area contributed by atoms with Crippen LogP contribution in [0.25, 0.3) is 11.1 Å². The van der Waals surface area contributed by atoms with Gasteiger partial charge in [-0.2, -0.15) is 0 Å². The second kappa shape index (κ2) is 6.85. The summed E-state index contributed by atoms with van der Waals surface area (Å²) in [6.45, 7) is 2.20. The molecule has 0 unspecified atom stereocenters. The van der Waals surface area contributed by atoms with Gasteiger partial charge < -0.3 is 4.74 Å². The lowest BCUT2D eigenvalue weighted by molar-refractivity contribution is -0.143. The van der Waals surface area contributed by atoms with Crippen molar-refractivity contribution in [3.05, 3.63) is 59.9 Å². The molecule has 0 aliphatic rings. The van der Waals surface area contributed by atoms with E-state index in [4.69, 9.17) is 4.74 Å². The van der Waals surface area contributed by atoms with Crippen molar-refractivity contribution in [3.8, 4) is 11.1 Å². The van der Waals surface area contributed by atoms with E-state index in [1.807, 2.05) is 30.3 Å². The molecule has 0 bridgehead atoms. The third kappa shape index (κ3) is 3.67. The van der Waals surface area contributed by atoms with Crippen molar-refractivity contribution in [1.82, 2.24) is 0 Å². The Bertz CT molecular complexity index is 576. The third-order valence-electron chi connectivity index (χ3n) is 3.06. The Hall–Kier alpha value is -2.16. The largest absolute Gasteiger partial charge is 0.466 e. The Morgan fingerprint density at radius 1 is 1.10 bits per heavy atom. The number of rotatable bonds is 5. The normalized spacial score (nSPS) is 10.3. The van der Waals surface area contributed by atoms with Crippen LogP contribution >= 0.6 is 0 Å². The number of benzene rings is 2. The number of hydrogen-bond donors (Lipinski definition) is 0.